The Labute approximate surface area is 163 Å². The molecule has 1 amide bonds. The molecule has 0 saturated carbocycles. The Kier molecular flexibility index (Phi) is 6.52. The van der Waals surface area contributed by atoms with Crippen molar-refractivity contribution in [3.8, 4) is 0 Å². The molecule has 0 spiro atoms. The van der Waals surface area contributed by atoms with Crippen LogP contribution >= 0.6 is 11.6 Å². The first kappa shape index (κ1) is 19.9. The van der Waals surface area contributed by atoms with Gasteiger partial charge in [0.15, 0.2) is 0 Å². The third kappa shape index (κ3) is 4.89. The van der Waals surface area contributed by atoms with Gasteiger partial charge in [-0.25, -0.2) is 4.79 Å². The molecule has 3 rings (SSSR count). The van der Waals surface area contributed by atoms with E-state index in [-0.39, 0.29) is 11.5 Å². The molecule has 27 heavy (non-hydrogen) atoms. The van der Waals surface area contributed by atoms with E-state index in [1.807, 2.05) is 0 Å². The molecule has 0 radical (unpaired) electrons. The molecule has 2 heterocycles. The number of likely N-dealkylation sites (tertiary alicyclic amines) is 1. The van der Waals surface area contributed by atoms with Crippen molar-refractivity contribution >= 4 is 28.5 Å². The van der Waals surface area contributed by atoms with Gasteiger partial charge in [0.2, 0.25) is 0 Å². The van der Waals surface area contributed by atoms with Crippen molar-refractivity contribution in [1.29, 1.82) is 0 Å². The second kappa shape index (κ2) is 8.87. The Morgan fingerprint density at radius 1 is 1.41 bits per heavy atom. The van der Waals surface area contributed by atoms with Crippen LogP contribution in [0.1, 0.15) is 23.2 Å². The molecule has 7 heteroatoms. The zero-order valence-corrected chi connectivity index (χ0v) is 16.5. The Balaban J connectivity index is 1.70. The minimum absolute atomic E-state index is 0.0410. The summed E-state index contributed by atoms with van der Waals surface area (Å²) in [4.78, 5) is 29.1. The summed E-state index contributed by atoms with van der Waals surface area (Å²) < 4.78 is 10.4. The van der Waals surface area contributed by atoms with E-state index in [9.17, 15) is 9.59 Å². The van der Waals surface area contributed by atoms with Crippen LogP contribution in [0.25, 0.3) is 11.0 Å². The van der Waals surface area contributed by atoms with Crippen molar-refractivity contribution in [3.63, 3.8) is 0 Å². The zero-order chi connectivity index (χ0) is 19.4. The van der Waals surface area contributed by atoms with Gasteiger partial charge in [-0.3, -0.25) is 4.79 Å². The number of carbonyl (C=O) groups is 1. The maximum Gasteiger partial charge on any atom is 0.349 e. The van der Waals surface area contributed by atoms with Crippen LogP contribution in [0.2, 0.25) is 5.02 Å². The number of benzene rings is 1. The predicted molar refractivity (Wildman–Crippen MR) is 105 cm³/mol. The Bertz CT molecular complexity index is 867. The molecule has 2 aromatic rings. The monoisotopic (exact) mass is 392 g/mol. The van der Waals surface area contributed by atoms with E-state index in [1.165, 1.54) is 0 Å². The van der Waals surface area contributed by atoms with Gasteiger partial charge in [0, 0.05) is 44.2 Å². The van der Waals surface area contributed by atoms with Gasteiger partial charge < -0.3 is 19.0 Å². The lowest BCUT2D eigenvalue weighted by atomic mass is 9.97. The fourth-order valence-corrected chi connectivity index (χ4v) is 3.82. The summed E-state index contributed by atoms with van der Waals surface area (Å²) in [5, 5.41) is 1.17. The number of carbonyl (C=O) groups excluding carboxylic acids is 1. The van der Waals surface area contributed by atoms with Crippen LogP contribution in [-0.2, 0) is 4.74 Å². The molecule has 1 aromatic carbocycles. The molecule has 1 aliphatic rings. The Morgan fingerprint density at radius 2 is 2.22 bits per heavy atom. The van der Waals surface area contributed by atoms with Gasteiger partial charge in [-0.1, -0.05) is 11.6 Å². The highest BCUT2D eigenvalue weighted by Crippen LogP contribution is 2.21. The number of hydrogen-bond donors (Lipinski definition) is 0. The van der Waals surface area contributed by atoms with Crippen LogP contribution in [0.5, 0.6) is 0 Å². The lowest BCUT2D eigenvalue weighted by Crippen LogP contribution is -2.43. The topological polar surface area (TPSA) is 63.0 Å². The predicted octanol–water partition coefficient (Wildman–Crippen LogP) is 2.88. The lowest BCUT2D eigenvalue weighted by molar-refractivity contribution is 0.0699. The molecule has 6 nitrogen and oxygen atoms in total. The number of hydrogen-bond acceptors (Lipinski definition) is 5. The molecule has 1 saturated heterocycles. The molecule has 1 atom stereocenters. The number of methoxy groups -OCH3 is 1. The summed E-state index contributed by atoms with van der Waals surface area (Å²) in [5.74, 6) is 0.0612. The van der Waals surface area contributed by atoms with Crippen LogP contribution in [-0.4, -0.2) is 62.7 Å². The molecule has 1 fully saturated rings. The second-order valence-electron chi connectivity index (χ2n) is 7.12. The Morgan fingerprint density at radius 3 is 3.00 bits per heavy atom. The molecule has 0 bridgehead atoms. The van der Waals surface area contributed by atoms with Gasteiger partial charge in [-0.05, 0) is 49.6 Å². The SMILES string of the molecule is COCCN1CCCC(CN(C)C(=O)c2cc3cc(Cl)ccc3oc2=O)C1. The van der Waals surface area contributed by atoms with Gasteiger partial charge in [-0.2, -0.15) is 0 Å². The van der Waals surface area contributed by atoms with E-state index < -0.39 is 5.63 Å². The first-order valence-electron chi connectivity index (χ1n) is 9.18. The summed E-state index contributed by atoms with van der Waals surface area (Å²) in [7, 11) is 3.44. The third-order valence-electron chi connectivity index (χ3n) is 5.02. The van der Waals surface area contributed by atoms with Crippen LogP contribution < -0.4 is 5.63 Å². The fraction of sp³-hybridized carbons (Fsp3) is 0.500. The van der Waals surface area contributed by atoms with Gasteiger partial charge in [0.1, 0.15) is 11.1 Å². The normalized spacial score (nSPS) is 18.0. The number of piperidine rings is 1. The standard InChI is InChI=1S/C20H25ClN2O4/c1-22(12-14-4-3-7-23(13-14)8-9-26-2)19(24)17-11-15-10-16(21)5-6-18(15)27-20(17)25/h5-6,10-11,14H,3-4,7-9,12-13H2,1-2H3. The average molecular weight is 393 g/mol. The molecule has 1 aromatic heterocycles. The minimum atomic E-state index is -0.618. The number of amides is 1. The number of fused-ring (bicyclic) bond motifs is 1. The number of halogens is 1. The second-order valence-corrected chi connectivity index (χ2v) is 7.55. The van der Waals surface area contributed by atoms with E-state index >= 15 is 0 Å². The zero-order valence-electron chi connectivity index (χ0n) is 15.7. The van der Waals surface area contributed by atoms with E-state index in [0.717, 1.165) is 32.5 Å². The van der Waals surface area contributed by atoms with Gasteiger partial charge in [-0.15, -0.1) is 0 Å². The van der Waals surface area contributed by atoms with Crippen LogP contribution in [0.15, 0.2) is 33.5 Å². The molecule has 0 aliphatic carbocycles. The maximum absolute atomic E-state index is 12.8. The molecular formula is C20H25ClN2O4. The number of ether oxygens (including phenoxy) is 1. The van der Waals surface area contributed by atoms with Gasteiger partial charge in [0.05, 0.1) is 6.61 Å². The quantitative estimate of drug-likeness (QED) is 0.707. The van der Waals surface area contributed by atoms with Crippen molar-refractivity contribution in [3.05, 3.63) is 45.3 Å². The summed E-state index contributed by atoms with van der Waals surface area (Å²) in [6.07, 6.45) is 2.18. The van der Waals surface area contributed by atoms with Crippen molar-refractivity contribution < 1.29 is 13.9 Å². The smallest absolute Gasteiger partial charge is 0.349 e. The highest BCUT2D eigenvalue weighted by atomic mass is 35.5. The van der Waals surface area contributed by atoms with E-state index in [1.54, 1.807) is 43.3 Å². The van der Waals surface area contributed by atoms with Gasteiger partial charge >= 0.3 is 5.63 Å². The van der Waals surface area contributed by atoms with Crippen LogP contribution in [0.3, 0.4) is 0 Å². The Hall–Kier alpha value is -1.89. The van der Waals surface area contributed by atoms with Crippen molar-refractivity contribution in [2.24, 2.45) is 5.92 Å². The lowest BCUT2D eigenvalue weighted by Gasteiger charge is -2.34. The number of nitrogens with zero attached hydrogens (tertiary/aromatic N) is 2. The third-order valence-corrected chi connectivity index (χ3v) is 5.25. The summed E-state index contributed by atoms with van der Waals surface area (Å²) in [6.45, 7) is 4.21. The van der Waals surface area contributed by atoms with Crippen LogP contribution in [0, 0.1) is 5.92 Å². The summed E-state index contributed by atoms with van der Waals surface area (Å²) in [6, 6.07) is 6.54. The molecule has 146 valence electrons. The first-order valence-corrected chi connectivity index (χ1v) is 9.56. The number of rotatable bonds is 6. The van der Waals surface area contributed by atoms with Gasteiger partial charge in [0.25, 0.3) is 5.91 Å². The van der Waals surface area contributed by atoms with E-state index in [0.29, 0.717) is 35.1 Å². The summed E-state index contributed by atoms with van der Waals surface area (Å²) in [5.41, 5.74) is -0.156. The largest absolute Gasteiger partial charge is 0.422 e. The van der Waals surface area contributed by atoms with E-state index in [2.05, 4.69) is 4.90 Å². The molecule has 1 unspecified atom stereocenters. The highest BCUT2D eigenvalue weighted by Gasteiger charge is 2.24. The van der Waals surface area contributed by atoms with Crippen LogP contribution in [0.4, 0.5) is 0 Å². The van der Waals surface area contributed by atoms with E-state index in [4.69, 9.17) is 20.8 Å². The highest BCUT2D eigenvalue weighted by molar-refractivity contribution is 6.31. The van der Waals surface area contributed by atoms with Crippen molar-refractivity contribution in [2.75, 3.05) is 46.9 Å². The molecule has 1 aliphatic heterocycles. The minimum Gasteiger partial charge on any atom is -0.422 e. The first-order chi connectivity index (χ1) is 13.0. The fourth-order valence-electron chi connectivity index (χ4n) is 3.64. The summed E-state index contributed by atoms with van der Waals surface area (Å²) >= 11 is 6.00. The maximum atomic E-state index is 12.8. The van der Waals surface area contributed by atoms with Crippen molar-refractivity contribution in [2.45, 2.75) is 12.8 Å². The van der Waals surface area contributed by atoms with Crippen molar-refractivity contribution in [1.82, 2.24) is 9.80 Å². The average Bonchev–Trinajstić information content (AvgIpc) is 2.66. The molecule has 0 N–H and O–H groups in total. The molecular weight excluding hydrogens is 368 g/mol.